The van der Waals surface area contributed by atoms with Crippen LogP contribution in [0.5, 0.6) is 0 Å². The molecule has 0 aromatic heterocycles. The van der Waals surface area contributed by atoms with E-state index in [4.69, 9.17) is 10.5 Å². The maximum atomic E-state index is 14.1. The Labute approximate surface area is 147 Å². The summed E-state index contributed by atoms with van der Waals surface area (Å²) >= 11 is 0. The number of azo groups is 1. The van der Waals surface area contributed by atoms with Gasteiger partial charge in [-0.3, -0.25) is 0 Å². The molecule has 2 fully saturated rings. The third-order valence-corrected chi connectivity index (χ3v) is 5.25. The molecule has 3 rings (SSSR count). The fraction of sp³-hybridized carbons (Fsp3) is 0.684. The van der Waals surface area contributed by atoms with Crippen molar-refractivity contribution < 1.29 is 13.5 Å². The highest BCUT2D eigenvalue weighted by Gasteiger charge is 2.54. The van der Waals surface area contributed by atoms with Gasteiger partial charge in [0.1, 0.15) is 12.3 Å². The number of nitrogens with two attached hydrogens (primary N) is 1. The average molecular weight is 351 g/mol. The summed E-state index contributed by atoms with van der Waals surface area (Å²) in [5, 5.41) is 8.06. The van der Waals surface area contributed by atoms with Gasteiger partial charge in [0.2, 0.25) is 0 Å². The predicted octanol–water partition coefficient (Wildman–Crippen LogP) is 4.22. The summed E-state index contributed by atoms with van der Waals surface area (Å²) in [6, 6.07) is -1.88. The smallest absolute Gasteiger partial charge is 0.329 e. The number of allylic oxidation sites excluding steroid dienone is 2. The maximum Gasteiger partial charge on any atom is 0.329 e. The largest absolute Gasteiger partial charge is 0.496 e. The molecule has 0 bridgehead atoms. The van der Waals surface area contributed by atoms with E-state index >= 15 is 0 Å². The van der Waals surface area contributed by atoms with Crippen molar-refractivity contribution in [2.45, 2.75) is 69.4 Å². The van der Waals surface area contributed by atoms with Crippen LogP contribution in [-0.4, -0.2) is 24.6 Å². The molecule has 0 aromatic rings. The minimum atomic E-state index is -2.88. The molecule has 2 saturated carbocycles. The molecule has 4 nitrogen and oxygen atoms in total. The summed E-state index contributed by atoms with van der Waals surface area (Å²) in [6.45, 7) is 0.377. The van der Waals surface area contributed by atoms with Crippen LogP contribution >= 0.6 is 0 Å². The van der Waals surface area contributed by atoms with Crippen LogP contribution in [0.4, 0.5) is 8.78 Å². The van der Waals surface area contributed by atoms with Crippen molar-refractivity contribution in [3.05, 3.63) is 35.8 Å². The molecule has 25 heavy (non-hydrogen) atoms. The fourth-order valence-corrected chi connectivity index (χ4v) is 3.72. The lowest BCUT2D eigenvalue weighted by Gasteiger charge is -2.25. The number of nitrogens with zero attached hydrogens (tertiary/aromatic N) is 2. The second-order valence-corrected chi connectivity index (χ2v) is 7.23. The van der Waals surface area contributed by atoms with Gasteiger partial charge in [0.05, 0.1) is 17.4 Å². The first-order chi connectivity index (χ1) is 12.1. The van der Waals surface area contributed by atoms with Crippen molar-refractivity contribution in [2.24, 2.45) is 16.8 Å². The van der Waals surface area contributed by atoms with E-state index in [-0.39, 0.29) is 6.42 Å². The van der Waals surface area contributed by atoms with Crippen LogP contribution < -0.4 is 10.8 Å². The van der Waals surface area contributed by atoms with Gasteiger partial charge in [0, 0.05) is 12.0 Å². The number of rotatable bonds is 4. The molecule has 2 aliphatic carbocycles. The summed E-state index contributed by atoms with van der Waals surface area (Å²) in [5.41, 5.74) is 7.23. The zero-order chi connectivity index (χ0) is 17.7. The Morgan fingerprint density at radius 2 is 2.00 bits per heavy atom. The highest BCUT2D eigenvalue weighted by molar-refractivity contribution is 5.39. The lowest BCUT2D eigenvalue weighted by molar-refractivity contribution is -0.0656. The first kappa shape index (κ1) is 18.2. The number of hydrogen-bond acceptors (Lipinski definition) is 4. The Kier molecular flexibility index (Phi) is 5.99. The van der Waals surface area contributed by atoms with Crippen LogP contribution in [0.1, 0.15) is 51.4 Å². The third-order valence-electron chi connectivity index (χ3n) is 5.25. The summed E-state index contributed by atoms with van der Waals surface area (Å²) in [7, 11) is 0. The minimum absolute atomic E-state index is 0.170. The molecule has 0 aromatic carbocycles. The highest BCUT2D eigenvalue weighted by atomic mass is 19.3. The minimum Gasteiger partial charge on any atom is -0.496 e. The topological polar surface area (TPSA) is 61.7 Å². The lowest BCUT2D eigenvalue weighted by Crippen LogP contribution is -2.52. The Bertz CT molecular complexity index is 577. The molecular formula is C19H27F2N3O+. The Hall–Kier alpha value is -1.56. The molecule has 1 aliphatic heterocycles. The third kappa shape index (κ3) is 4.75. The maximum absolute atomic E-state index is 14.1. The van der Waals surface area contributed by atoms with Gasteiger partial charge in [-0.15, -0.1) is 0 Å². The van der Waals surface area contributed by atoms with Crippen molar-refractivity contribution in [3.8, 4) is 0 Å². The normalized spacial score (nSPS) is 31.0. The van der Waals surface area contributed by atoms with Gasteiger partial charge >= 0.3 is 12.0 Å². The van der Waals surface area contributed by atoms with Crippen LogP contribution in [0.2, 0.25) is 0 Å². The molecule has 137 valence electrons. The summed E-state index contributed by atoms with van der Waals surface area (Å²) < 4.78 is 33.5. The van der Waals surface area contributed by atoms with Crippen molar-refractivity contribution in [2.75, 3.05) is 6.61 Å². The molecule has 2 atom stereocenters. The standard InChI is InChI=1S/C19H27F2N3O/c20-19(21)11-4-7-16(22)18(19)24-23-17-10-12-25-13-15(17)9-8-14-5-2-1-3-6-14/h8-10,13-14,16,18H,1-7,11-12,22H2/q+1/b9-8+,24-23?/t16-,18-/m1/s1. The fourth-order valence-electron chi connectivity index (χ4n) is 3.72. The van der Waals surface area contributed by atoms with E-state index in [1.54, 1.807) is 12.3 Å². The van der Waals surface area contributed by atoms with Crippen LogP contribution in [0, 0.1) is 5.92 Å². The lowest BCUT2D eigenvalue weighted by atomic mass is 9.88. The van der Waals surface area contributed by atoms with E-state index in [0.717, 1.165) is 5.57 Å². The summed E-state index contributed by atoms with van der Waals surface area (Å²) in [4.78, 5) is 0. The van der Waals surface area contributed by atoms with E-state index in [2.05, 4.69) is 16.3 Å². The molecule has 6 heteroatoms. The van der Waals surface area contributed by atoms with E-state index in [1.165, 1.54) is 32.1 Å². The molecule has 0 unspecified atom stereocenters. The van der Waals surface area contributed by atoms with Gasteiger partial charge in [-0.2, -0.15) is 8.78 Å². The van der Waals surface area contributed by atoms with Crippen molar-refractivity contribution in [3.63, 3.8) is 0 Å². The van der Waals surface area contributed by atoms with E-state index in [0.29, 0.717) is 31.1 Å². The van der Waals surface area contributed by atoms with Gasteiger partial charge in [-0.1, -0.05) is 31.4 Å². The monoisotopic (exact) mass is 351 g/mol. The average Bonchev–Trinajstić information content (AvgIpc) is 2.61. The quantitative estimate of drug-likeness (QED) is 0.771. The summed E-state index contributed by atoms with van der Waals surface area (Å²) in [6.07, 6.45) is 14.7. The molecular weight excluding hydrogens is 324 g/mol. The van der Waals surface area contributed by atoms with Crippen molar-refractivity contribution in [1.29, 1.82) is 0 Å². The predicted molar refractivity (Wildman–Crippen MR) is 93.0 cm³/mol. The van der Waals surface area contributed by atoms with Crippen LogP contribution in [0.3, 0.4) is 0 Å². The molecule has 0 spiro atoms. The van der Waals surface area contributed by atoms with Crippen molar-refractivity contribution in [1.82, 2.24) is 5.11 Å². The van der Waals surface area contributed by atoms with Crippen LogP contribution in [-0.2, 0) is 4.74 Å². The van der Waals surface area contributed by atoms with E-state index in [9.17, 15) is 8.78 Å². The van der Waals surface area contributed by atoms with Gasteiger partial charge < -0.3 is 10.5 Å². The first-order valence-corrected chi connectivity index (χ1v) is 9.31. The zero-order valence-corrected chi connectivity index (χ0v) is 14.5. The number of halogens is 2. The molecule has 2 N–H and O–H groups in total. The van der Waals surface area contributed by atoms with E-state index < -0.39 is 18.0 Å². The van der Waals surface area contributed by atoms with Crippen LogP contribution in [0.15, 0.2) is 40.9 Å². The SMILES string of the molecule is N[C@@H]1CCCC(F)(F)[C@@H]1[N+]=NC1=CCOC=C1/C=C/C1CCCCC1. The molecule has 0 saturated heterocycles. The van der Waals surface area contributed by atoms with Gasteiger partial charge in [0.25, 0.3) is 0 Å². The molecule has 3 aliphatic rings. The first-order valence-electron chi connectivity index (χ1n) is 9.31. The Balaban J connectivity index is 1.68. The molecule has 1 radical (unpaired) electrons. The molecule has 1 heterocycles. The second kappa shape index (κ2) is 8.21. The number of ether oxygens (including phenoxy) is 1. The number of alkyl halides is 2. The second-order valence-electron chi connectivity index (χ2n) is 7.23. The van der Waals surface area contributed by atoms with Gasteiger partial charge in [-0.05, 0) is 37.7 Å². The van der Waals surface area contributed by atoms with Gasteiger partial charge in [-0.25, -0.2) is 0 Å². The highest BCUT2D eigenvalue weighted by Crippen LogP contribution is 2.33. The van der Waals surface area contributed by atoms with E-state index in [1.807, 2.05) is 6.08 Å². The summed E-state index contributed by atoms with van der Waals surface area (Å²) in [5.74, 6) is -2.31. The Morgan fingerprint density at radius 3 is 2.76 bits per heavy atom. The van der Waals surface area contributed by atoms with Crippen molar-refractivity contribution >= 4 is 0 Å². The Morgan fingerprint density at radius 1 is 1.20 bits per heavy atom. The van der Waals surface area contributed by atoms with Crippen LogP contribution in [0.25, 0.3) is 0 Å². The molecule has 0 amide bonds. The zero-order valence-electron chi connectivity index (χ0n) is 14.5. The number of hydrogen-bond donors (Lipinski definition) is 1. The van der Waals surface area contributed by atoms with Gasteiger partial charge in [0.15, 0.2) is 5.11 Å².